The molecule has 0 aliphatic carbocycles. The lowest BCUT2D eigenvalue weighted by Gasteiger charge is -2.19. The van der Waals surface area contributed by atoms with Gasteiger partial charge in [0.05, 0.1) is 16.6 Å². The van der Waals surface area contributed by atoms with Crippen molar-refractivity contribution in [3.05, 3.63) is 62.6 Å². The average Bonchev–Trinajstić information content (AvgIpc) is 2.46. The van der Waals surface area contributed by atoms with Gasteiger partial charge in [-0.25, -0.2) is 0 Å². The van der Waals surface area contributed by atoms with Gasteiger partial charge >= 0.3 is 0 Å². The lowest BCUT2D eigenvalue weighted by Crippen LogP contribution is -2.11. The van der Waals surface area contributed by atoms with Gasteiger partial charge < -0.3 is 4.90 Å². The molecule has 5 nitrogen and oxygen atoms in total. The van der Waals surface area contributed by atoms with E-state index in [0.29, 0.717) is 16.9 Å². The van der Waals surface area contributed by atoms with Crippen molar-refractivity contribution in [2.45, 2.75) is 0 Å². The molecule has 0 radical (unpaired) electrons. The number of anilines is 2. The van der Waals surface area contributed by atoms with E-state index in [9.17, 15) is 10.1 Å². The zero-order chi connectivity index (χ0) is 14.7. The summed E-state index contributed by atoms with van der Waals surface area (Å²) in [6.45, 7) is 0. The van der Waals surface area contributed by atoms with Crippen LogP contribution in [-0.4, -0.2) is 12.0 Å². The zero-order valence-electron chi connectivity index (χ0n) is 10.6. The van der Waals surface area contributed by atoms with E-state index in [2.05, 4.69) is 22.0 Å². The third kappa shape index (κ3) is 2.78. The van der Waals surface area contributed by atoms with E-state index in [1.807, 2.05) is 0 Å². The molecule has 2 rings (SSSR count). The molecule has 0 saturated heterocycles. The monoisotopic (exact) mass is 331 g/mol. The molecule has 0 saturated carbocycles. The molecule has 6 heteroatoms. The van der Waals surface area contributed by atoms with Crippen molar-refractivity contribution in [3.8, 4) is 6.07 Å². The molecule has 100 valence electrons. The Morgan fingerprint density at radius 3 is 2.70 bits per heavy atom. The summed E-state index contributed by atoms with van der Waals surface area (Å²) in [5.74, 6) is 0. The van der Waals surface area contributed by atoms with E-state index in [1.54, 1.807) is 48.3 Å². The quantitative estimate of drug-likeness (QED) is 0.629. The van der Waals surface area contributed by atoms with Crippen LogP contribution in [0.3, 0.4) is 0 Å². The maximum atomic E-state index is 11.1. The summed E-state index contributed by atoms with van der Waals surface area (Å²) in [7, 11) is 1.73. The molecule has 0 aliphatic heterocycles. The maximum Gasteiger partial charge on any atom is 0.292 e. The normalized spacial score (nSPS) is 9.85. The van der Waals surface area contributed by atoms with Gasteiger partial charge in [-0.3, -0.25) is 10.1 Å². The summed E-state index contributed by atoms with van der Waals surface area (Å²) in [6, 6.07) is 13.7. The van der Waals surface area contributed by atoms with Crippen LogP contribution in [0.4, 0.5) is 17.1 Å². The van der Waals surface area contributed by atoms with Crippen LogP contribution in [0.1, 0.15) is 5.56 Å². The number of halogens is 1. The number of hydrogen-bond acceptors (Lipinski definition) is 4. The highest BCUT2D eigenvalue weighted by atomic mass is 79.9. The number of nitro benzene ring substituents is 1. The van der Waals surface area contributed by atoms with E-state index in [1.165, 1.54) is 6.07 Å². The van der Waals surface area contributed by atoms with Crippen LogP contribution in [0, 0.1) is 21.4 Å². The first-order valence-corrected chi connectivity index (χ1v) is 6.50. The summed E-state index contributed by atoms with van der Waals surface area (Å²) >= 11 is 3.31. The Labute approximate surface area is 124 Å². The highest BCUT2D eigenvalue weighted by Gasteiger charge is 2.18. The van der Waals surface area contributed by atoms with Crippen LogP contribution in [0.2, 0.25) is 0 Å². The molecule has 0 unspecified atom stereocenters. The van der Waals surface area contributed by atoms with Crippen molar-refractivity contribution in [1.29, 1.82) is 5.26 Å². The lowest BCUT2D eigenvalue weighted by molar-refractivity contribution is -0.384. The van der Waals surface area contributed by atoms with E-state index in [-0.39, 0.29) is 5.69 Å². The molecule has 2 aromatic carbocycles. The second-order valence-electron chi connectivity index (χ2n) is 4.11. The molecule has 0 fully saturated rings. The molecule has 0 N–H and O–H groups in total. The first kappa shape index (κ1) is 14.0. The number of hydrogen-bond donors (Lipinski definition) is 0. The van der Waals surface area contributed by atoms with E-state index >= 15 is 0 Å². The fourth-order valence-corrected chi connectivity index (χ4v) is 2.19. The van der Waals surface area contributed by atoms with E-state index in [4.69, 9.17) is 5.26 Å². The molecule has 0 aliphatic rings. The predicted molar refractivity (Wildman–Crippen MR) is 80.0 cm³/mol. The second-order valence-corrected chi connectivity index (χ2v) is 5.03. The molecule has 0 bridgehead atoms. The van der Waals surface area contributed by atoms with Crippen LogP contribution in [0.25, 0.3) is 0 Å². The van der Waals surface area contributed by atoms with Gasteiger partial charge in [-0.2, -0.15) is 5.26 Å². The number of nitriles is 1. The molecule has 0 heterocycles. The van der Waals surface area contributed by atoms with Crippen molar-refractivity contribution < 1.29 is 4.92 Å². The Kier molecular flexibility index (Phi) is 4.01. The summed E-state index contributed by atoms with van der Waals surface area (Å²) in [5.41, 5.74) is 1.69. The Morgan fingerprint density at radius 2 is 2.05 bits per heavy atom. The number of nitro groups is 1. The molecular weight excluding hydrogens is 322 g/mol. The third-order valence-corrected chi connectivity index (χ3v) is 3.35. The minimum atomic E-state index is -0.424. The Balaban J connectivity index is 2.52. The maximum absolute atomic E-state index is 11.1. The number of benzene rings is 2. The van der Waals surface area contributed by atoms with Gasteiger partial charge in [-0.05, 0) is 30.3 Å². The SMILES string of the molecule is CN(c1cccc(C#N)c1)c1cc(Br)ccc1[N+](=O)[O-]. The summed E-state index contributed by atoms with van der Waals surface area (Å²) in [5, 5.41) is 20.0. The van der Waals surface area contributed by atoms with Crippen LogP contribution < -0.4 is 4.90 Å². The standard InChI is InChI=1S/C14H10BrN3O2/c1-17(12-4-2-3-10(7-12)9-16)14-8-11(15)5-6-13(14)18(19)20/h2-8H,1H3. The van der Waals surface area contributed by atoms with Crippen molar-refractivity contribution in [3.63, 3.8) is 0 Å². The number of rotatable bonds is 3. The van der Waals surface area contributed by atoms with Gasteiger partial charge in [-0.15, -0.1) is 0 Å². The van der Waals surface area contributed by atoms with Gasteiger partial charge in [0, 0.05) is 23.3 Å². The van der Waals surface area contributed by atoms with Crippen molar-refractivity contribution >= 4 is 33.0 Å². The van der Waals surface area contributed by atoms with Gasteiger partial charge in [0.2, 0.25) is 0 Å². The second kappa shape index (κ2) is 5.72. The molecule has 0 atom stereocenters. The highest BCUT2D eigenvalue weighted by Crippen LogP contribution is 2.34. The highest BCUT2D eigenvalue weighted by molar-refractivity contribution is 9.10. The zero-order valence-corrected chi connectivity index (χ0v) is 12.2. The minimum Gasteiger partial charge on any atom is -0.339 e. The summed E-state index contributed by atoms with van der Waals surface area (Å²) < 4.78 is 0.751. The lowest BCUT2D eigenvalue weighted by atomic mass is 10.2. The smallest absolute Gasteiger partial charge is 0.292 e. The fourth-order valence-electron chi connectivity index (χ4n) is 1.84. The Morgan fingerprint density at radius 1 is 1.30 bits per heavy atom. The molecule has 0 aromatic heterocycles. The van der Waals surface area contributed by atoms with Gasteiger partial charge in [0.1, 0.15) is 5.69 Å². The van der Waals surface area contributed by atoms with Gasteiger partial charge in [0.15, 0.2) is 0 Å². The van der Waals surface area contributed by atoms with Crippen LogP contribution in [0.5, 0.6) is 0 Å². The van der Waals surface area contributed by atoms with E-state index < -0.39 is 4.92 Å². The summed E-state index contributed by atoms with van der Waals surface area (Å²) in [6.07, 6.45) is 0. The molecule has 0 spiro atoms. The van der Waals surface area contributed by atoms with Crippen molar-refractivity contribution in [1.82, 2.24) is 0 Å². The van der Waals surface area contributed by atoms with Crippen LogP contribution in [-0.2, 0) is 0 Å². The molecule has 2 aromatic rings. The fraction of sp³-hybridized carbons (Fsp3) is 0.0714. The first-order chi connectivity index (χ1) is 9.52. The van der Waals surface area contributed by atoms with Crippen LogP contribution in [0.15, 0.2) is 46.9 Å². The molecule has 0 amide bonds. The van der Waals surface area contributed by atoms with Gasteiger partial charge in [-0.1, -0.05) is 22.0 Å². The van der Waals surface area contributed by atoms with Crippen molar-refractivity contribution in [2.24, 2.45) is 0 Å². The molecule has 20 heavy (non-hydrogen) atoms. The molecular formula is C14H10BrN3O2. The average molecular weight is 332 g/mol. The van der Waals surface area contributed by atoms with Crippen LogP contribution >= 0.6 is 15.9 Å². The predicted octanol–water partition coefficient (Wildman–Crippen LogP) is 4.00. The third-order valence-electron chi connectivity index (χ3n) is 2.86. The topological polar surface area (TPSA) is 70.2 Å². The van der Waals surface area contributed by atoms with Gasteiger partial charge in [0.25, 0.3) is 5.69 Å². The van der Waals surface area contributed by atoms with E-state index in [0.717, 1.165) is 4.47 Å². The van der Waals surface area contributed by atoms with Crippen molar-refractivity contribution in [2.75, 3.05) is 11.9 Å². The first-order valence-electron chi connectivity index (χ1n) is 5.71. The Hall–Kier alpha value is -2.39. The Bertz CT molecular complexity index is 710. The number of nitrogens with zero attached hydrogens (tertiary/aromatic N) is 3. The summed E-state index contributed by atoms with van der Waals surface area (Å²) in [4.78, 5) is 12.4. The minimum absolute atomic E-state index is 0.0121. The largest absolute Gasteiger partial charge is 0.339 e.